The third-order valence-electron chi connectivity index (χ3n) is 2.97. The summed E-state index contributed by atoms with van der Waals surface area (Å²) in [6, 6.07) is 11.2. The van der Waals surface area contributed by atoms with Gasteiger partial charge in [-0.25, -0.2) is 4.79 Å². The van der Waals surface area contributed by atoms with E-state index in [4.69, 9.17) is 16.7 Å². The summed E-state index contributed by atoms with van der Waals surface area (Å²) < 4.78 is 0.874. The standard InChI is InChI=1S/C15H11ClINO3/c1-18(11-5-2-9(3-6-11)15(20)21)14(19)10-4-7-13(17)12(16)8-10/h2-8H,1H3,(H,20,21). The Hall–Kier alpha value is -1.60. The molecule has 0 bridgehead atoms. The van der Waals surface area contributed by atoms with Crippen LogP contribution in [0.2, 0.25) is 5.02 Å². The monoisotopic (exact) mass is 415 g/mol. The SMILES string of the molecule is CN(C(=O)c1ccc(I)c(Cl)c1)c1ccc(C(=O)O)cc1. The number of anilines is 1. The Bertz CT molecular complexity index is 701. The van der Waals surface area contributed by atoms with Gasteiger partial charge in [-0.15, -0.1) is 0 Å². The van der Waals surface area contributed by atoms with E-state index in [1.807, 2.05) is 0 Å². The van der Waals surface area contributed by atoms with Crippen molar-refractivity contribution in [3.05, 3.63) is 62.2 Å². The highest BCUT2D eigenvalue weighted by molar-refractivity contribution is 14.1. The molecule has 2 aromatic rings. The van der Waals surface area contributed by atoms with Crippen LogP contribution in [-0.4, -0.2) is 24.0 Å². The molecule has 1 N–H and O–H groups in total. The van der Waals surface area contributed by atoms with E-state index in [1.165, 1.54) is 17.0 Å². The van der Waals surface area contributed by atoms with Crippen LogP contribution in [0.1, 0.15) is 20.7 Å². The van der Waals surface area contributed by atoms with E-state index in [1.54, 1.807) is 37.4 Å². The van der Waals surface area contributed by atoms with Crippen LogP contribution in [0.5, 0.6) is 0 Å². The number of carboxylic acid groups (broad SMARTS) is 1. The predicted molar refractivity (Wildman–Crippen MR) is 90.3 cm³/mol. The normalized spacial score (nSPS) is 10.2. The number of carbonyl (C=O) groups is 2. The lowest BCUT2D eigenvalue weighted by molar-refractivity contribution is 0.0696. The molecule has 2 aromatic carbocycles. The fraction of sp³-hybridized carbons (Fsp3) is 0.0667. The van der Waals surface area contributed by atoms with Gasteiger partial charge in [-0.1, -0.05) is 11.6 Å². The molecule has 0 saturated carbocycles. The summed E-state index contributed by atoms with van der Waals surface area (Å²) in [5.74, 6) is -1.21. The molecule has 0 fully saturated rings. The Morgan fingerprint density at radius 1 is 1.10 bits per heavy atom. The molecule has 108 valence electrons. The molecule has 6 heteroatoms. The molecule has 4 nitrogen and oxygen atoms in total. The first kappa shape index (κ1) is 15.8. The third kappa shape index (κ3) is 3.54. The molecule has 21 heavy (non-hydrogen) atoms. The van der Waals surface area contributed by atoms with Gasteiger partial charge in [-0.2, -0.15) is 0 Å². The van der Waals surface area contributed by atoms with Gasteiger partial charge in [0.2, 0.25) is 0 Å². The van der Waals surface area contributed by atoms with Crippen LogP contribution in [0.3, 0.4) is 0 Å². The summed E-state index contributed by atoms with van der Waals surface area (Å²) >= 11 is 8.11. The Kier molecular flexibility index (Phi) is 4.84. The Morgan fingerprint density at radius 3 is 2.19 bits per heavy atom. The van der Waals surface area contributed by atoms with Crippen molar-refractivity contribution in [3.63, 3.8) is 0 Å². The maximum absolute atomic E-state index is 12.4. The first-order valence-corrected chi connectivity index (χ1v) is 7.42. The molecule has 0 aliphatic heterocycles. The van der Waals surface area contributed by atoms with Crippen molar-refractivity contribution in [2.24, 2.45) is 0 Å². The molecule has 0 saturated heterocycles. The number of carbonyl (C=O) groups excluding carboxylic acids is 1. The average molecular weight is 416 g/mol. The summed E-state index contributed by atoms with van der Waals surface area (Å²) in [6.45, 7) is 0. The summed E-state index contributed by atoms with van der Waals surface area (Å²) in [6.07, 6.45) is 0. The first-order valence-electron chi connectivity index (χ1n) is 5.96. The van der Waals surface area contributed by atoms with Gasteiger partial charge in [0.25, 0.3) is 5.91 Å². The third-order valence-corrected chi connectivity index (χ3v) is 4.54. The van der Waals surface area contributed by atoms with Crippen LogP contribution in [-0.2, 0) is 0 Å². The van der Waals surface area contributed by atoms with E-state index in [2.05, 4.69) is 22.6 Å². The van der Waals surface area contributed by atoms with E-state index < -0.39 is 5.97 Å². The highest BCUT2D eigenvalue weighted by Gasteiger charge is 2.15. The lowest BCUT2D eigenvalue weighted by Crippen LogP contribution is -2.26. The van der Waals surface area contributed by atoms with Gasteiger partial charge in [-0.3, -0.25) is 4.79 Å². The van der Waals surface area contributed by atoms with Crippen molar-refractivity contribution < 1.29 is 14.7 Å². The van der Waals surface area contributed by atoms with Gasteiger partial charge < -0.3 is 10.0 Å². The summed E-state index contributed by atoms with van der Waals surface area (Å²) in [4.78, 5) is 24.6. The fourth-order valence-corrected chi connectivity index (χ4v) is 2.28. The Labute approximate surface area is 140 Å². The number of carboxylic acids is 1. The van der Waals surface area contributed by atoms with Crippen molar-refractivity contribution in [2.75, 3.05) is 11.9 Å². The molecular formula is C15H11ClINO3. The minimum Gasteiger partial charge on any atom is -0.478 e. The fourth-order valence-electron chi connectivity index (χ4n) is 1.77. The van der Waals surface area contributed by atoms with Crippen LogP contribution in [0, 0.1) is 3.57 Å². The number of benzene rings is 2. The van der Waals surface area contributed by atoms with Crippen molar-refractivity contribution >= 4 is 51.8 Å². The van der Waals surface area contributed by atoms with Gasteiger partial charge in [0.1, 0.15) is 0 Å². The number of rotatable bonds is 3. The van der Waals surface area contributed by atoms with Gasteiger partial charge in [0.15, 0.2) is 0 Å². The highest BCUT2D eigenvalue weighted by Crippen LogP contribution is 2.22. The molecule has 0 heterocycles. The van der Waals surface area contributed by atoms with E-state index in [0.717, 1.165) is 3.57 Å². The zero-order valence-electron chi connectivity index (χ0n) is 11.0. The van der Waals surface area contributed by atoms with Gasteiger partial charge in [0.05, 0.1) is 10.6 Å². The zero-order chi connectivity index (χ0) is 15.6. The molecule has 0 aromatic heterocycles. The number of aromatic carboxylic acids is 1. The maximum Gasteiger partial charge on any atom is 0.335 e. The largest absolute Gasteiger partial charge is 0.478 e. The predicted octanol–water partition coefficient (Wildman–Crippen LogP) is 3.92. The maximum atomic E-state index is 12.4. The quantitative estimate of drug-likeness (QED) is 0.773. The Balaban J connectivity index is 2.25. The van der Waals surface area contributed by atoms with E-state index in [0.29, 0.717) is 16.3 Å². The van der Waals surface area contributed by atoms with Crippen molar-refractivity contribution in [3.8, 4) is 0 Å². The smallest absolute Gasteiger partial charge is 0.335 e. The molecule has 0 radical (unpaired) electrons. The number of nitrogens with zero attached hydrogens (tertiary/aromatic N) is 1. The number of amides is 1. The zero-order valence-corrected chi connectivity index (χ0v) is 13.9. The van der Waals surface area contributed by atoms with Crippen LogP contribution in [0.4, 0.5) is 5.69 Å². The van der Waals surface area contributed by atoms with Crippen LogP contribution in [0.25, 0.3) is 0 Å². The summed E-state index contributed by atoms with van der Waals surface area (Å²) in [5, 5.41) is 9.39. The van der Waals surface area contributed by atoms with Crippen LogP contribution < -0.4 is 4.90 Å². The topological polar surface area (TPSA) is 57.6 Å². The van der Waals surface area contributed by atoms with E-state index >= 15 is 0 Å². The summed E-state index contributed by atoms with van der Waals surface area (Å²) in [5.41, 5.74) is 1.27. The van der Waals surface area contributed by atoms with Crippen molar-refractivity contribution in [2.45, 2.75) is 0 Å². The molecule has 0 aliphatic rings. The number of halogens is 2. The lowest BCUT2D eigenvalue weighted by atomic mass is 10.1. The van der Waals surface area contributed by atoms with Gasteiger partial charge in [0, 0.05) is 21.9 Å². The minimum atomic E-state index is -1.00. The molecule has 1 amide bonds. The molecule has 0 aliphatic carbocycles. The van der Waals surface area contributed by atoms with Gasteiger partial charge >= 0.3 is 5.97 Å². The molecule has 0 atom stereocenters. The minimum absolute atomic E-state index is 0.178. The molecule has 0 spiro atoms. The lowest BCUT2D eigenvalue weighted by Gasteiger charge is -2.17. The van der Waals surface area contributed by atoms with Crippen molar-refractivity contribution in [1.29, 1.82) is 0 Å². The highest BCUT2D eigenvalue weighted by atomic mass is 127. The van der Waals surface area contributed by atoms with E-state index in [9.17, 15) is 9.59 Å². The molecular weight excluding hydrogens is 405 g/mol. The molecule has 0 unspecified atom stereocenters. The Morgan fingerprint density at radius 2 is 1.67 bits per heavy atom. The number of hydrogen-bond donors (Lipinski definition) is 1. The molecule has 2 rings (SSSR count). The average Bonchev–Trinajstić information content (AvgIpc) is 2.48. The number of hydrogen-bond acceptors (Lipinski definition) is 2. The second-order valence-corrected chi connectivity index (χ2v) is 5.91. The van der Waals surface area contributed by atoms with Crippen LogP contribution >= 0.6 is 34.2 Å². The summed E-state index contributed by atoms with van der Waals surface area (Å²) in [7, 11) is 1.63. The second-order valence-electron chi connectivity index (χ2n) is 4.35. The van der Waals surface area contributed by atoms with Crippen molar-refractivity contribution in [1.82, 2.24) is 0 Å². The second kappa shape index (κ2) is 6.44. The van der Waals surface area contributed by atoms with Gasteiger partial charge in [-0.05, 0) is 65.1 Å². The van der Waals surface area contributed by atoms with Crippen LogP contribution in [0.15, 0.2) is 42.5 Å². The van der Waals surface area contributed by atoms with E-state index in [-0.39, 0.29) is 11.5 Å². The first-order chi connectivity index (χ1) is 9.90.